The molecule has 1 saturated heterocycles. The number of piperazine rings is 1. The monoisotopic (exact) mass is 546 g/mol. The van der Waals surface area contributed by atoms with Gasteiger partial charge < -0.3 is 29.3 Å². The molecule has 0 aliphatic carbocycles. The van der Waals surface area contributed by atoms with E-state index in [9.17, 15) is 0 Å². The van der Waals surface area contributed by atoms with Crippen LogP contribution < -0.4 is 24.4 Å². The third-order valence-electron chi connectivity index (χ3n) is 4.83. The largest absolute Gasteiger partial charge is 0.492 e. The van der Waals surface area contributed by atoms with Gasteiger partial charge in [0.15, 0.2) is 17.5 Å². The molecule has 2 aromatic rings. The molecular weight excluding hydrogens is 519 g/mol. The Balaban J connectivity index is 0.00000256. The zero-order valence-corrected chi connectivity index (χ0v) is 20.3. The molecule has 0 radical (unpaired) electrons. The summed E-state index contributed by atoms with van der Waals surface area (Å²) in [6.07, 6.45) is 0.876. The lowest BCUT2D eigenvalue weighted by atomic mass is 10.3. The highest BCUT2D eigenvalue weighted by atomic mass is 127. The summed E-state index contributed by atoms with van der Waals surface area (Å²) in [6, 6.07) is 5.61. The zero-order valence-electron chi connectivity index (χ0n) is 17.2. The van der Waals surface area contributed by atoms with E-state index in [0.717, 1.165) is 66.8 Å². The van der Waals surface area contributed by atoms with E-state index < -0.39 is 0 Å². The van der Waals surface area contributed by atoms with Gasteiger partial charge in [-0.3, -0.25) is 4.99 Å². The maximum absolute atomic E-state index is 5.81. The van der Waals surface area contributed by atoms with Gasteiger partial charge in [-0.1, -0.05) is 6.92 Å². The first kappa shape index (κ1) is 22.7. The van der Waals surface area contributed by atoms with Crippen molar-refractivity contribution < 1.29 is 14.2 Å². The van der Waals surface area contributed by atoms with Gasteiger partial charge in [0.05, 0.1) is 6.54 Å². The van der Waals surface area contributed by atoms with Gasteiger partial charge in [0, 0.05) is 57.2 Å². The van der Waals surface area contributed by atoms with Crippen LogP contribution in [0.4, 0.5) is 5.13 Å². The molecule has 0 spiro atoms. The Kier molecular flexibility index (Phi) is 8.19. The van der Waals surface area contributed by atoms with E-state index in [-0.39, 0.29) is 30.8 Å². The van der Waals surface area contributed by atoms with Crippen molar-refractivity contribution in [3.8, 4) is 17.2 Å². The van der Waals surface area contributed by atoms with E-state index in [1.54, 1.807) is 0 Å². The molecule has 1 fully saturated rings. The minimum atomic E-state index is 0. The molecule has 1 aromatic heterocycles. The minimum absolute atomic E-state index is 0. The number of guanidine groups is 1. The molecular formula is C19H27IN6O3S. The van der Waals surface area contributed by atoms with Crippen LogP contribution in [-0.4, -0.2) is 73.4 Å². The number of nitrogens with zero attached hydrogens (tertiary/aromatic N) is 5. The molecule has 0 amide bonds. The number of rotatable bonds is 6. The average molecular weight is 546 g/mol. The van der Waals surface area contributed by atoms with Crippen LogP contribution in [0.25, 0.3) is 0 Å². The smallest absolute Gasteiger partial charge is 0.231 e. The lowest BCUT2D eigenvalue weighted by molar-refractivity contribution is 0.173. The predicted molar refractivity (Wildman–Crippen MR) is 128 cm³/mol. The van der Waals surface area contributed by atoms with Crippen molar-refractivity contribution in [1.82, 2.24) is 19.6 Å². The average Bonchev–Trinajstić information content (AvgIpc) is 3.43. The number of halogens is 1. The number of fused-ring (bicyclic) bond motifs is 1. The number of ether oxygens (including phenoxy) is 3. The summed E-state index contributed by atoms with van der Waals surface area (Å²) in [5.41, 5.74) is 0. The van der Waals surface area contributed by atoms with Gasteiger partial charge in [0.25, 0.3) is 0 Å². The second kappa shape index (κ2) is 10.8. The Morgan fingerprint density at radius 2 is 2.03 bits per heavy atom. The first-order valence-corrected chi connectivity index (χ1v) is 10.6. The molecule has 2 aliphatic rings. The number of aromatic nitrogens is 2. The third-order valence-corrected chi connectivity index (χ3v) is 5.65. The van der Waals surface area contributed by atoms with Gasteiger partial charge in [-0.2, -0.15) is 4.37 Å². The van der Waals surface area contributed by atoms with E-state index in [1.807, 2.05) is 25.2 Å². The van der Waals surface area contributed by atoms with Crippen molar-refractivity contribution in [2.24, 2.45) is 4.99 Å². The summed E-state index contributed by atoms with van der Waals surface area (Å²) in [7, 11) is 1.81. The second-order valence-corrected chi connectivity index (χ2v) is 7.39. The van der Waals surface area contributed by atoms with Crippen LogP contribution >= 0.6 is 35.5 Å². The van der Waals surface area contributed by atoms with Crippen LogP contribution in [0.2, 0.25) is 0 Å². The van der Waals surface area contributed by atoms with E-state index in [2.05, 4.69) is 36.4 Å². The van der Waals surface area contributed by atoms with E-state index in [1.165, 1.54) is 11.5 Å². The summed E-state index contributed by atoms with van der Waals surface area (Å²) in [6.45, 7) is 7.15. The van der Waals surface area contributed by atoms with Crippen molar-refractivity contribution >= 4 is 46.6 Å². The molecule has 30 heavy (non-hydrogen) atoms. The summed E-state index contributed by atoms with van der Waals surface area (Å²) >= 11 is 1.49. The van der Waals surface area contributed by atoms with Crippen molar-refractivity contribution in [3.63, 3.8) is 0 Å². The van der Waals surface area contributed by atoms with E-state index in [4.69, 9.17) is 14.2 Å². The summed E-state index contributed by atoms with van der Waals surface area (Å²) in [5.74, 6) is 4.07. The van der Waals surface area contributed by atoms with Crippen LogP contribution in [0, 0.1) is 0 Å². The Hall–Kier alpha value is -2.02. The van der Waals surface area contributed by atoms with Gasteiger partial charge in [-0.05, 0) is 12.1 Å². The number of nitrogens with one attached hydrogen (secondary N) is 1. The summed E-state index contributed by atoms with van der Waals surface area (Å²) in [4.78, 5) is 13.6. The second-order valence-electron chi connectivity index (χ2n) is 6.66. The van der Waals surface area contributed by atoms with Crippen LogP contribution in [0.3, 0.4) is 0 Å². The highest BCUT2D eigenvalue weighted by molar-refractivity contribution is 14.0. The standard InChI is InChI=1S/C19H26N6O3S.HI/c1-3-17-22-19(29-23-17)25-9-7-24(8-10-25)18(20-2)21-6-11-26-14-4-5-15-16(12-14)28-13-27-15;/h4-5,12H,3,6-11,13H2,1-2H3,(H,20,21);1H. The predicted octanol–water partition coefficient (Wildman–Crippen LogP) is 2.22. The first-order chi connectivity index (χ1) is 14.3. The van der Waals surface area contributed by atoms with E-state index in [0.29, 0.717) is 13.2 Å². The quantitative estimate of drug-likeness (QED) is 0.256. The number of aryl methyl sites for hydroxylation is 1. The third kappa shape index (κ3) is 5.36. The zero-order chi connectivity index (χ0) is 20.1. The van der Waals surface area contributed by atoms with Crippen LogP contribution in [0.5, 0.6) is 17.2 Å². The molecule has 1 N–H and O–H groups in total. The highest BCUT2D eigenvalue weighted by Gasteiger charge is 2.22. The van der Waals surface area contributed by atoms with Crippen molar-refractivity contribution in [2.75, 3.05) is 58.1 Å². The number of benzene rings is 1. The SMILES string of the molecule is CCc1nsc(N2CCN(C(=NC)NCCOc3ccc4c(c3)OCO4)CC2)n1.I. The lowest BCUT2D eigenvalue weighted by Gasteiger charge is -2.36. The molecule has 0 bridgehead atoms. The molecule has 0 unspecified atom stereocenters. The summed E-state index contributed by atoms with van der Waals surface area (Å²) < 4.78 is 20.9. The molecule has 2 aliphatic heterocycles. The van der Waals surface area contributed by atoms with Crippen molar-refractivity contribution in [1.29, 1.82) is 0 Å². The minimum Gasteiger partial charge on any atom is -0.492 e. The van der Waals surface area contributed by atoms with Gasteiger partial charge >= 0.3 is 0 Å². The Bertz CT molecular complexity index is 857. The van der Waals surface area contributed by atoms with Gasteiger partial charge in [-0.15, -0.1) is 24.0 Å². The fraction of sp³-hybridized carbons (Fsp3) is 0.526. The number of anilines is 1. The molecule has 4 rings (SSSR count). The number of hydrogen-bond donors (Lipinski definition) is 1. The molecule has 3 heterocycles. The molecule has 0 atom stereocenters. The van der Waals surface area contributed by atoms with Crippen LogP contribution in [0.1, 0.15) is 12.7 Å². The molecule has 9 nitrogen and oxygen atoms in total. The van der Waals surface area contributed by atoms with Crippen LogP contribution in [0.15, 0.2) is 23.2 Å². The fourth-order valence-electron chi connectivity index (χ4n) is 3.26. The van der Waals surface area contributed by atoms with Gasteiger partial charge in [0.2, 0.25) is 11.9 Å². The van der Waals surface area contributed by atoms with Crippen molar-refractivity contribution in [2.45, 2.75) is 13.3 Å². The maximum atomic E-state index is 5.81. The Morgan fingerprint density at radius 1 is 1.23 bits per heavy atom. The molecule has 164 valence electrons. The number of aliphatic imine (C=N–C) groups is 1. The Labute approximate surface area is 197 Å². The fourth-order valence-corrected chi connectivity index (χ4v) is 4.06. The highest BCUT2D eigenvalue weighted by Crippen LogP contribution is 2.35. The summed E-state index contributed by atoms with van der Waals surface area (Å²) in [5, 5.41) is 4.40. The van der Waals surface area contributed by atoms with Crippen molar-refractivity contribution in [3.05, 3.63) is 24.0 Å². The lowest BCUT2D eigenvalue weighted by Crippen LogP contribution is -2.53. The number of hydrogen-bond acceptors (Lipinski definition) is 8. The Morgan fingerprint density at radius 3 is 2.77 bits per heavy atom. The maximum Gasteiger partial charge on any atom is 0.231 e. The first-order valence-electron chi connectivity index (χ1n) is 9.82. The van der Waals surface area contributed by atoms with Gasteiger partial charge in [-0.25, -0.2) is 4.98 Å². The molecule has 1 aromatic carbocycles. The topological polar surface area (TPSA) is 84.3 Å². The van der Waals surface area contributed by atoms with Gasteiger partial charge in [0.1, 0.15) is 18.2 Å². The molecule has 0 saturated carbocycles. The van der Waals surface area contributed by atoms with Crippen LogP contribution in [-0.2, 0) is 6.42 Å². The molecule has 11 heteroatoms. The normalized spacial score (nSPS) is 15.7. The van der Waals surface area contributed by atoms with E-state index >= 15 is 0 Å².